The van der Waals surface area contributed by atoms with Gasteiger partial charge < -0.3 is 14.2 Å². The van der Waals surface area contributed by atoms with Gasteiger partial charge in [0.2, 0.25) is 5.76 Å². The maximum Gasteiger partial charge on any atom is 0.290 e. The van der Waals surface area contributed by atoms with Crippen LogP contribution < -0.4 is 5.43 Å². The molecular weight excluding hydrogens is 448 g/mol. The Hall–Kier alpha value is -2.63. The van der Waals surface area contributed by atoms with Gasteiger partial charge in [0.1, 0.15) is 5.58 Å². The summed E-state index contributed by atoms with van der Waals surface area (Å²) < 4.78 is 6.09. The Morgan fingerprint density at radius 1 is 1.09 bits per heavy atom. The van der Waals surface area contributed by atoms with Gasteiger partial charge in [0.15, 0.2) is 5.43 Å². The second kappa shape index (κ2) is 9.93. The number of carbonyl (C=O) groups excluding carboxylic acids is 1. The molecule has 0 N–H and O–H groups in total. The van der Waals surface area contributed by atoms with E-state index in [0.717, 1.165) is 37.2 Å². The van der Waals surface area contributed by atoms with Gasteiger partial charge in [-0.2, -0.15) is 0 Å². The van der Waals surface area contributed by atoms with Crippen molar-refractivity contribution in [3.05, 3.63) is 79.7 Å². The third kappa shape index (κ3) is 4.39. The maximum absolute atomic E-state index is 13.7. The zero-order valence-corrected chi connectivity index (χ0v) is 21.4. The molecule has 1 unspecified atom stereocenters. The molecule has 1 amide bonds. The Morgan fingerprint density at radius 2 is 1.76 bits per heavy atom. The van der Waals surface area contributed by atoms with Crippen LogP contribution in [0.4, 0.5) is 0 Å². The fourth-order valence-corrected chi connectivity index (χ4v) is 4.95. The van der Waals surface area contributed by atoms with E-state index in [4.69, 9.17) is 16.0 Å². The molecule has 180 valence electrons. The van der Waals surface area contributed by atoms with E-state index in [2.05, 4.69) is 44.7 Å². The van der Waals surface area contributed by atoms with Gasteiger partial charge in [-0.1, -0.05) is 63.6 Å². The van der Waals surface area contributed by atoms with E-state index >= 15 is 0 Å². The fraction of sp³-hybridized carbons (Fsp3) is 0.429. The number of nitrogens with zero attached hydrogens (tertiary/aromatic N) is 2. The largest absolute Gasteiger partial charge is 0.450 e. The van der Waals surface area contributed by atoms with Crippen LogP contribution in [-0.4, -0.2) is 41.9 Å². The summed E-state index contributed by atoms with van der Waals surface area (Å²) in [7, 11) is 0. The molecule has 0 spiro atoms. The van der Waals surface area contributed by atoms with E-state index in [9.17, 15) is 9.59 Å². The van der Waals surface area contributed by atoms with Gasteiger partial charge in [-0.15, -0.1) is 0 Å². The number of amides is 1. The van der Waals surface area contributed by atoms with Crippen molar-refractivity contribution in [2.75, 3.05) is 26.2 Å². The van der Waals surface area contributed by atoms with Gasteiger partial charge in [-0.25, -0.2) is 0 Å². The van der Waals surface area contributed by atoms with Crippen LogP contribution in [-0.2, 0) is 0 Å². The molecular formula is C28H33ClN2O3. The molecule has 3 aromatic rings. The number of halogens is 1. The van der Waals surface area contributed by atoms with Crippen molar-refractivity contribution in [3.8, 4) is 0 Å². The SMILES string of the molecule is CCN(CC)CCCN1C(=O)c2oc3cc(C)c(Cl)cc3c(=O)c2C1c1ccc(C(C)C)cc1. The van der Waals surface area contributed by atoms with Crippen LogP contribution in [0.25, 0.3) is 11.0 Å². The summed E-state index contributed by atoms with van der Waals surface area (Å²) in [5.74, 6) is 0.329. The third-order valence-corrected chi connectivity index (χ3v) is 7.34. The number of aryl methyl sites for hydroxylation is 1. The number of hydrogen-bond donors (Lipinski definition) is 0. The van der Waals surface area contributed by atoms with Crippen molar-refractivity contribution in [2.24, 2.45) is 0 Å². The minimum absolute atomic E-state index is 0.153. The first-order valence-electron chi connectivity index (χ1n) is 12.2. The predicted molar refractivity (Wildman–Crippen MR) is 138 cm³/mol. The van der Waals surface area contributed by atoms with Crippen LogP contribution in [0.1, 0.15) is 78.9 Å². The molecule has 4 rings (SSSR count). The van der Waals surface area contributed by atoms with Crippen molar-refractivity contribution in [2.45, 2.75) is 53.0 Å². The molecule has 0 bridgehead atoms. The fourth-order valence-electron chi connectivity index (χ4n) is 4.79. The molecule has 1 atom stereocenters. The Kier molecular flexibility index (Phi) is 7.15. The molecule has 1 aliphatic rings. The maximum atomic E-state index is 13.7. The molecule has 0 saturated carbocycles. The number of benzene rings is 2. The van der Waals surface area contributed by atoms with Crippen LogP contribution in [0.2, 0.25) is 5.02 Å². The molecule has 1 aromatic heterocycles. The van der Waals surface area contributed by atoms with Crippen LogP contribution in [0.15, 0.2) is 45.6 Å². The van der Waals surface area contributed by atoms with Crippen LogP contribution in [0, 0.1) is 6.92 Å². The number of rotatable bonds is 8. The molecule has 6 heteroatoms. The normalized spacial score (nSPS) is 15.7. The van der Waals surface area contributed by atoms with E-state index in [0.29, 0.717) is 34.0 Å². The van der Waals surface area contributed by atoms with E-state index in [1.54, 1.807) is 17.0 Å². The van der Waals surface area contributed by atoms with Gasteiger partial charge in [0.05, 0.1) is 17.0 Å². The van der Waals surface area contributed by atoms with Crippen molar-refractivity contribution < 1.29 is 9.21 Å². The first-order chi connectivity index (χ1) is 16.3. The van der Waals surface area contributed by atoms with Crippen LogP contribution in [0.3, 0.4) is 0 Å². The molecule has 2 aromatic carbocycles. The first-order valence-corrected chi connectivity index (χ1v) is 12.5. The quantitative estimate of drug-likeness (QED) is 0.387. The third-order valence-electron chi connectivity index (χ3n) is 6.93. The number of hydrogen-bond acceptors (Lipinski definition) is 4. The highest BCUT2D eigenvalue weighted by Crippen LogP contribution is 2.39. The predicted octanol–water partition coefficient (Wildman–Crippen LogP) is 6.16. The van der Waals surface area contributed by atoms with Gasteiger partial charge >= 0.3 is 0 Å². The highest BCUT2D eigenvalue weighted by Gasteiger charge is 2.42. The molecule has 1 aliphatic heterocycles. The molecule has 5 nitrogen and oxygen atoms in total. The topological polar surface area (TPSA) is 53.8 Å². The second-order valence-corrected chi connectivity index (χ2v) is 9.78. The Morgan fingerprint density at radius 3 is 2.38 bits per heavy atom. The van der Waals surface area contributed by atoms with E-state index in [1.165, 1.54) is 5.56 Å². The lowest BCUT2D eigenvalue weighted by Gasteiger charge is -2.27. The lowest BCUT2D eigenvalue weighted by molar-refractivity contribution is 0.0720. The Labute approximate surface area is 206 Å². The highest BCUT2D eigenvalue weighted by atomic mass is 35.5. The number of carbonyl (C=O) groups is 1. The molecule has 2 heterocycles. The summed E-state index contributed by atoms with van der Waals surface area (Å²) in [4.78, 5) is 31.4. The summed E-state index contributed by atoms with van der Waals surface area (Å²) in [6.45, 7) is 13.8. The highest BCUT2D eigenvalue weighted by molar-refractivity contribution is 6.32. The average Bonchev–Trinajstić information content (AvgIpc) is 3.10. The van der Waals surface area contributed by atoms with Gasteiger partial charge in [-0.05, 0) is 67.7 Å². The van der Waals surface area contributed by atoms with Crippen LogP contribution >= 0.6 is 11.6 Å². The summed E-state index contributed by atoms with van der Waals surface area (Å²) >= 11 is 6.33. The molecule has 0 radical (unpaired) electrons. The van der Waals surface area contributed by atoms with Gasteiger partial charge in [0.25, 0.3) is 5.91 Å². The lowest BCUT2D eigenvalue weighted by atomic mass is 9.95. The average molecular weight is 481 g/mol. The minimum atomic E-state index is -0.471. The minimum Gasteiger partial charge on any atom is -0.450 e. The van der Waals surface area contributed by atoms with Crippen molar-refractivity contribution >= 4 is 28.5 Å². The van der Waals surface area contributed by atoms with Crippen molar-refractivity contribution in [3.63, 3.8) is 0 Å². The molecule has 0 saturated heterocycles. The summed E-state index contributed by atoms with van der Waals surface area (Å²) in [6.07, 6.45) is 0.820. The van der Waals surface area contributed by atoms with Gasteiger partial charge in [-0.3, -0.25) is 9.59 Å². The summed E-state index contributed by atoms with van der Waals surface area (Å²) in [6, 6.07) is 11.2. The molecule has 34 heavy (non-hydrogen) atoms. The second-order valence-electron chi connectivity index (χ2n) is 9.37. The number of fused-ring (bicyclic) bond motifs is 2. The zero-order valence-electron chi connectivity index (χ0n) is 20.7. The van der Waals surface area contributed by atoms with Crippen molar-refractivity contribution in [1.29, 1.82) is 0 Å². The smallest absolute Gasteiger partial charge is 0.290 e. The summed E-state index contributed by atoms with van der Waals surface area (Å²) in [5, 5.41) is 0.925. The molecule has 0 fully saturated rings. The van der Waals surface area contributed by atoms with E-state index in [-0.39, 0.29) is 17.1 Å². The monoisotopic (exact) mass is 480 g/mol. The van der Waals surface area contributed by atoms with E-state index < -0.39 is 6.04 Å². The summed E-state index contributed by atoms with van der Waals surface area (Å²) in [5.41, 5.74) is 3.57. The Bertz CT molecular complexity index is 1260. The molecule has 0 aliphatic carbocycles. The standard InChI is InChI=1S/C28H33ClN2O3/c1-6-30(7-2)13-8-14-31-25(20-11-9-19(10-12-20)17(3)4)24-26(32)21-16-22(29)18(5)15-23(21)34-27(24)28(31)33/h9-12,15-17,25H,6-8,13-14H2,1-5H3. The Balaban J connectivity index is 1.82. The van der Waals surface area contributed by atoms with Crippen LogP contribution in [0.5, 0.6) is 0 Å². The van der Waals surface area contributed by atoms with Crippen molar-refractivity contribution in [1.82, 2.24) is 9.80 Å². The first kappa shape index (κ1) is 24.5. The zero-order chi connectivity index (χ0) is 24.6. The lowest BCUT2D eigenvalue weighted by Crippen LogP contribution is -2.33. The van der Waals surface area contributed by atoms with Gasteiger partial charge in [0, 0.05) is 11.6 Å². The van der Waals surface area contributed by atoms with E-state index in [1.807, 2.05) is 19.1 Å².